The quantitative estimate of drug-likeness (QED) is 0.481. The van der Waals surface area contributed by atoms with Gasteiger partial charge in [-0.3, -0.25) is 19.5 Å². The number of hydrogen-bond donors (Lipinski definition) is 0. The molecular weight excluding hydrogens is 354 g/mol. The molecule has 1 aromatic heterocycles. The maximum atomic E-state index is 12.2. The summed E-state index contributed by atoms with van der Waals surface area (Å²) in [6.07, 6.45) is 9.32. The number of piperazine rings is 1. The van der Waals surface area contributed by atoms with E-state index in [1.165, 1.54) is 36.2 Å². The van der Waals surface area contributed by atoms with Crippen molar-refractivity contribution in [3.8, 4) is 0 Å². The molecule has 1 fully saturated rings. The minimum atomic E-state index is -0.319. The van der Waals surface area contributed by atoms with E-state index in [0.717, 1.165) is 45.2 Å². The van der Waals surface area contributed by atoms with Crippen LogP contribution >= 0.6 is 0 Å². The molecule has 0 aromatic carbocycles. The van der Waals surface area contributed by atoms with Crippen LogP contribution in [-0.4, -0.2) is 66.0 Å². The van der Waals surface area contributed by atoms with Crippen molar-refractivity contribution < 1.29 is 14.3 Å². The van der Waals surface area contributed by atoms with Crippen molar-refractivity contribution in [1.29, 1.82) is 0 Å². The monoisotopic (exact) mass is 387 g/mol. The molecule has 0 spiro atoms. The zero-order valence-corrected chi connectivity index (χ0v) is 17.1. The second kappa shape index (κ2) is 10.6. The molecule has 0 saturated carbocycles. The van der Waals surface area contributed by atoms with E-state index in [4.69, 9.17) is 9.72 Å². The van der Waals surface area contributed by atoms with Gasteiger partial charge in [-0.1, -0.05) is 12.5 Å². The lowest BCUT2D eigenvalue weighted by Gasteiger charge is -2.33. The first kappa shape index (κ1) is 20.8. The third-order valence-electron chi connectivity index (χ3n) is 5.67. The number of ether oxygens (including phenoxy) is 1. The predicted octanol–water partition coefficient (Wildman–Crippen LogP) is 2.38. The van der Waals surface area contributed by atoms with Crippen LogP contribution in [-0.2, 0) is 33.6 Å². The first-order valence-electron chi connectivity index (χ1n) is 10.8. The molecule has 0 atom stereocenters. The van der Waals surface area contributed by atoms with E-state index in [0.29, 0.717) is 19.7 Å². The number of rotatable bonds is 9. The molecule has 3 rings (SSSR count). The standard InChI is InChI=1S/C22H33N3O3/c1-2-28-22(27)17-25-15-14-24(16-21(25)26)13-7-3-4-9-19-12-11-18-8-5-6-10-20(18)23-19/h11-12H,2-10,13-17H2,1H3. The van der Waals surface area contributed by atoms with Crippen molar-refractivity contribution in [3.63, 3.8) is 0 Å². The molecule has 6 heteroatoms. The SMILES string of the molecule is CCOC(=O)CN1CCN(CCCCCc2ccc3c(n2)CCCC3)CC1=O. The van der Waals surface area contributed by atoms with Gasteiger partial charge in [-0.15, -0.1) is 0 Å². The average molecular weight is 388 g/mol. The van der Waals surface area contributed by atoms with Crippen LogP contribution in [0.4, 0.5) is 0 Å². The summed E-state index contributed by atoms with van der Waals surface area (Å²) in [5.41, 5.74) is 3.99. The Morgan fingerprint density at radius 3 is 2.82 bits per heavy atom. The summed E-state index contributed by atoms with van der Waals surface area (Å²) in [4.78, 5) is 32.4. The van der Waals surface area contributed by atoms with Crippen molar-refractivity contribution in [3.05, 3.63) is 29.1 Å². The van der Waals surface area contributed by atoms with Gasteiger partial charge in [0.1, 0.15) is 6.54 Å². The second-order valence-corrected chi connectivity index (χ2v) is 7.82. The van der Waals surface area contributed by atoms with Gasteiger partial charge in [0.15, 0.2) is 0 Å². The summed E-state index contributed by atoms with van der Waals surface area (Å²) >= 11 is 0. The van der Waals surface area contributed by atoms with Gasteiger partial charge in [-0.2, -0.15) is 0 Å². The molecule has 1 amide bonds. The Bertz CT molecular complexity index is 677. The number of esters is 1. The topological polar surface area (TPSA) is 62.7 Å². The average Bonchev–Trinajstić information content (AvgIpc) is 2.70. The lowest BCUT2D eigenvalue weighted by molar-refractivity contribution is -0.151. The molecule has 1 saturated heterocycles. The van der Waals surface area contributed by atoms with Gasteiger partial charge in [-0.25, -0.2) is 0 Å². The number of hydrogen-bond acceptors (Lipinski definition) is 5. The lowest BCUT2D eigenvalue weighted by Crippen LogP contribution is -2.52. The minimum absolute atomic E-state index is 0.0255. The van der Waals surface area contributed by atoms with E-state index in [-0.39, 0.29) is 18.4 Å². The largest absolute Gasteiger partial charge is 0.465 e. The van der Waals surface area contributed by atoms with Gasteiger partial charge < -0.3 is 9.64 Å². The first-order valence-corrected chi connectivity index (χ1v) is 10.8. The van der Waals surface area contributed by atoms with Crippen LogP contribution in [0.2, 0.25) is 0 Å². The van der Waals surface area contributed by atoms with Gasteiger partial charge >= 0.3 is 5.97 Å². The van der Waals surface area contributed by atoms with Gasteiger partial charge in [0.25, 0.3) is 0 Å². The Kier molecular flexibility index (Phi) is 7.83. The summed E-state index contributed by atoms with van der Waals surface area (Å²) in [5, 5.41) is 0. The van der Waals surface area contributed by atoms with Crippen LogP contribution in [0, 0.1) is 0 Å². The maximum absolute atomic E-state index is 12.2. The van der Waals surface area contributed by atoms with Gasteiger partial charge in [-0.05, 0) is 70.0 Å². The number of aromatic nitrogens is 1. The highest BCUT2D eigenvalue weighted by molar-refractivity contribution is 5.83. The van der Waals surface area contributed by atoms with E-state index in [1.807, 2.05) is 0 Å². The molecule has 2 heterocycles. The summed E-state index contributed by atoms with van der Waals surface area (Å²) < 4.78 is 4.93. The van der Waals surface area contributed by atoms with Crippen molar-refractivity contribution >= 4 is 11.9 Å². The van der Waals surface area contributed by atoms with Crippen LogP contribution in [0.5, 0.6) is 0 Å². The fraction of sp³-hybridized carbons (Fsp3) is 0.682. The van der Waals surface area contributed by atoms with E-state index < -0.39 is 0 Å². The third-order valence-corrected chi connectivity index (χ3v) is 5.67. The van der Waals surface area contributed by atoms with E-state index in [9.17, 15) is 9.59 Å². The molecule has 0 bridgehead atoms. The Morgan fingerprint density at radius 1 is 1.14 bits per heavy atom. The summed E-state index contributed by atoms with van der Waals surface area (Å²) in [6, 6.07) is 4.48. The van der Waals surface area contributed by atoms with E-state index >= 15 is 0 Å². The van der Waals surface area contributed by atoms with Gasteiger partial charge in [0.2, 0.25) is 5.91 Å². The highest BCUT2D eigenvalue weighted by Gasteiger charge is 2.25. The maximum Gasteiger partial charge on any atom is 0.325 e. The molecule has 1 aromatic rings. The smallest absolute Gasteiger partial charge is 0.325 e. The van der Waals surface area contributed by atoms with Gasteiger partial charge in [0, 0.05) is 24.5 Å². The van der Waals surface area contributed by atoms with Crippen LogP contribution in [0.25, 0.3) is 0 Å². The molecular formula is C22H33N3O3. The minimum Gasteiger partial charge on any atom is -0.465 e. The zero-order valence-electron chi connectivity index (χ0n) is 17.1. The zero-order chi connectivity index (χ0) is 19.8. The van der Waals surface area contributed by atoms with Crippen molar-refractivity contribution in [2.75, 3.05) is 39.3 Å². The molecule has 1 aliphatic heterocycles. The van der Waals surface area contributed by atoms with Crippen LogP contribution in [0.15, 0.2) is 12.1 Å². The molecule has 2 aliphatic rings. The second-order valence-electron chi connectivity index (χ2n) is 7.82. The molecule has 0 radical (unpaired) electrons. The molecule has 1 aliphatic carbocycles. The normalized spacial score (nSPS) is 17.5. The number of amides is 1. The lowest BCUT2D eigenvalue weighted by atomic mass is 9.95. The number of fused-ring (bicyclic) bond motifs is 1. The molecule has 154 valence electrons. The first-order chi connectivity index (χ1) is 13.7. The van der Waals surface area contributed by atoms with Crippen molar-refractivity contribution in [2.24, 2.45) is 0 Å². The Morgan fingerprint density at radius 2 is 2.00 bits per heavy atom. The van der Waals surface area contributed by atoms with Crippen molar-refractivity contribution in [1.82, 2.24) is 14.8 Å². The third kappa shape index (κ3) is 6.03. The van der Waals surface area contributed by atoms with Crippen LogP contribution in [0.3, 0.4) is 0 Å². The molecule has 6 nitrogen and oxygen atoms in total. The number of nitrogens with zero attached hydrogens (tertiary/aromatic N) is 3. The van der Waals surface area contributed by atoms with E-state index in [1.54, 1.807) is 11.8 Å². The highest BCUT2D eigenvalue weighted by atomic mass is 16.5. The predicted molar refractivity (Wildman–Crippen MR) is 108 cm³/mol. The Hall–Kier alpha value is -1.95. The number of carbonyl (C=O) groups excluding carboxylic acids is 2. The fourth-order valence-corrected chi connectivity index (χ4v) is 4.06. The molecule has 0 unspecified atom stereocenters. The fourth-order valence-electron chi connectivity index (χ4n) is 4.06. The number of aryl methyl sites for hydroxylation is 3. The van der Waals surface area contributed by atoms with Crippen molar-refractivity contribution in [2.45, 2.75) is 58.3 Å². The van der Waals surface area contributed by atoms with Crippen LogP contribution < -0.4 is 0 Å². The summed E-state index contributed by atoms with van der Waals surface area (Å²) in [7, 11) is 0. The number of carbonyl (C=O) groups is 2. The van der Waals surface area contributed by atoms with E-state index in [2.05, 4.69) is 17.0 Å². The number of pyridine rings is 1. The van der Waals surface area contributed by atoms with Crippen LogP contribution in [0.1, 0.15) is 56.0 Å². The molecule has 28 heavy (non-hydrogen) atoms. The Labute approximate surface area is 168 Å². The molecule has 0 N–H and O–H groups in total. The highest BCUT2D eigenvalue weighted by Crippen LogP contribution is 2.20. The summed E-state index contributed by atoms with van der Waals surface area (Å²) in [5.74, 6) is -0.294. The number of unbranched alkanes of at least 4 members (excludes halogenated alkanes) is 2. The Balaban J connectivity index is 1.31. The van der Waals surface area contributed by atoms with Gasteiger partial charge in [0.05, 0.1) is 13.2 Å². The summed E-state index contributed by atoms with van der Waals surface area (Å²) in [6.45, 7) is 5.00.